The molecule has 2 nitrogen and oxygen atoms in total. The van der Waals surface area contributed by atoms with Gasteiger partial charge in [-0.15, -0.1) is 0 Å². The average molecular weight is 236 g/mol. The van der Waals surface area contributed by atoms with E-state index in [2.05, 4.69) is 17.3 Å². The molecule has 0 bridgehead atoms. The van der Waals surface area contributed by atoms with Gasteiger partial charge in [-0.1, -0.05) is 12.1 Å². The number of nitrogens with one attached hydrogen (secondary N) is 1. The molecule has 1 unspecified atom stereocenters. The van der Waals surface area contributed by atoms with Gasteiger partial charge in [0.25, 0.3) is 0 Å². The van der Waals surface area contributed by atoms with Crippen molar-refractivity contribution < 1.29 is 4.39 Å². The minimum atomic E-state index is -0.107. The summed E-state index contributed by atoms with van der Waals surface area (Å²) in [4.78, 5) is 2.36. The quantitative estimate of drug-likeness (QED) is 0.863. The zero-order chi connectivity index (χ0) is 12.3. The minimum absolute atomic E-state index is 0.107. The van der Waals surface area contributed by atoms with Gasteiger partial charge in [-0.25, -0.2) is 4.39 Å². The van der Waals surface area contributed by atoms with Crippen LogP contribution >= 0.6 is 0 Å². The molecular weight excluding hydrogens is 215 g/mol. The van der Waals surface area contributed by atoms with Crippen LogP contribution in [0, 0.1) is 12.7 Å². The number of halogens is 1. The maximum Gasteiger partial charge on any atom is 0.126 e. The molecule has 0 aliphatic carbocycles. The van der Waals surface area contributed by atoms with E-state index in [9.17, 15) is 4.39 Å². The number of likely N-dealkylation sites (N-methyl/N-ethyl adjacent to an activating group) is 1. The molecule has 17 heavy (non-hydrogen) atoms. The Morgan fingerprint density at radius 2 is 2.29 bits per heavy atom. The highest BCUT2D eigenvalue weighted by molar-refractivity contribution is 5.24. The van der Waals surface area contributed by atoms with E-state index in [1.165, 1.54) is 5.56 Å². The van der Waals surface area contributed by atoms with Crippen molar-refractivity contribution in [3.8, 4) is 0 Å². The molecule has 1 aromatic rings. The molecule has 1 N–H and O–H groups in total. The van der Waals surface area contributed by atoms with E-state index < -0.39 is 0 Å². The van der Waals surface area contributed by atoms with Crippen molar-refractivity contribution in [3.63, 3.8) is 0 Å². The van der Waals surface area contributed by atoms with Gasteiger partial charge in [0.2, 0.25) is 0 Å². The van der Waals surface area contributed by atoms with E-state index in [0.29, 0.717) is 6.04 Å². The summed E-state index contributed by atoms with van der Waals surface area (Å²) in [5, 5.41) is 3.53. The lowest BCUT2D eigenvalue weighted by Gasteiger charge is -2.30. The van der Waals surface area contributed by atoms with Crippen LogP contribution in [0.1, 0.15) is 17.5 Å². The third-order valence-corrected chi connectivity index (χ3v) is 3.46. The summed E-state index contributed by atoms with van der Waals surface area (Å²) < 4.78 is 13.1. The van der Waals surface area contributed by atoms with Crippen molar-refractivity contribution in [2.45, 2.75) is 25.8 Å². The Bertz CT molecular complexity index is 378. The summed E-state index contributed by atoms with van der Waals surface area (Å²) in [6.07, 6.45) is 2.14. The molecule has 1 atom stereocenters. The van der Waals surface area contributed by atoms with E-state index in [0.717, 1.165) is 38.0 Å². The van der Waals surface area contributed by atoms with Crippen LogP contribution in [0.4, 0.5) is 4.39 Å². The Labute approximate surface area is 103 Å². The molecule has 0 saturated carbocycles. The Morgan fingerprint density at radius 3 is 3.00 bits per heavy atom. The molecule has 1 heterocycles. The van der Waals surface area contributed by atoms with Crippen LogP contribution in [-0.4, -0.2) is 37.6 Å². The fourth-order valence-corrected chi connectivity index (χ4v) is 2.39. The van der Waals surface area contributed by atoms with Crippen molar-refractivity contribution in [1.82, 2.24) is 10.2 Å². The zero-order valence-corrected chi connectivity index (χ0v) is 10.7. The van der Waals surface area contributed by atoms with Gasteiger partial charge in [-0.05, 0) is 44.0 Å². The fourth-order valence-electron chi connectivity index (χ4n) is 2.39. The summed E-state index contributed by atoms with van der Waals surface area (Å²) in [7, 11) is 2.16. The minimum Gasteiger partial charge on any atom is -0.311 e. The van der Waals surface area contributed by atoms with Gasteiger partial charge in [0.1, 0.15) is 5.82 Å². The van der Waals surface area contributed by atoms with Crippen LogP contribution in [0.3, 0.4) is 0 Å². The number of aryl methyl sites for hydroxylation is 2. The second kappa shape index (κ2) is 5.61. The van der Waals surface area contributed by atoms with E-state index in [1.54, 1.807) is 6.07 Å². The van der Waals surface area contributed by atoms with Crippen molar-refractivity contribution in [1.29, 1.82) is 0 Å². The second-order valence-corrected chi connectivity index (χ2v) is 5.04. The first-order chi connectivity index (χ1) is 8.15. The first-order valence-electron chi connectivity index (χ1n) is 6.32. The Morgan fingerprint density at radius 1 is 1.47 bits per heavy atom. The highest BCUT2D eigenvalue weighted by atomic mass is 19.1. The van der Waals surface area contributed by atoms with Crippen LogP contribution in [-0.2, 0) is 6.42 Å². The molecule has 1 aromatic carbocycles. The predicted octanol–water partition coefficient (Wildman–Crippen LogP) is 1.97. The molecule has 94 valence electrons. The van der Waals surface area contributed by atoms with Crippen LogP contribution in [0.15, 0.2) is 18.2 Å². The molecule has 0 radical (unpaired) electrons. The van der Waals surface area contributed by atoms with E-state index >= 15 is 0 Å². The molecule has 0 aromatic heterocycles. The SMILES string of the molecule is Cc1cc(CCC2CN(C)CCN2)ccc1F. The van der Waals surface area contributed by atoms with Gasteiger partial charge >= 0.3 is 0 Å². The molecule has 1 saturated heterocycles. The lowest BCUT2D eigenvalue weighted by molar-refractivity contribution is 0.232. The van der Waals surface area contributed by atoms with Crippen molar-refractivity contribution in [2.75, 3.05) is 26.7 Å². The second-order valence-electron chi connectivity index (χ2n) is 5.04. The van der Waals surface area contributed by atoms with Gasteiger partial charge in [0.05, 0.1) is 0 Å². The standard InChI is InChI=1S/C14H21FN2/c1-11-9-12(4-6-14(11)15)3-5-13-10-17(2)8-7-16-13/h4,6,9,13,16H,3,5,7-8,10H2,1-2H3. The third kappa shape index (κ3) is 3.51. The molecule has 2 rings (SSSR count). The summed E-state index contributed by atoms with van der Waals surface area (Å²) in [6.45, 7) is 5.14. The summed E-state index contributed by atoms with van der Waals surface area (Å²) in [5.74, 6) is -0.107. The summed E-state index contributed by atoms with van der Waals surface area (Å²) >= 11 is 0. The number of nitrogens with zero attached hydrogens (tertiary/aromatic N) is 1. The highest BCUT2D eigenvalue weighted by Gasteiger charge is 2.15. The molecule has 1 aliphatic heterocycles. The van der Waals surface area contributed by atoms with Crippen LogP contribution in [0.2, 0.25) is 0 Å². The van der Waals surface area contributed by atoms with Crippen LogP contribution in [0.25, 0.3) is 0 Å². The van der Waals surface area contributed by atoms with Gasteiger partial charge in [-0.2, -0.15) is 0 Å². The number of benzene rings is 1. The highest BCUT2D eigenvalue weighted by Crippen LogP contribution is 2.12. The zero-order valence-electron chi connectivity index (χ0n) is 10.7. The number of piperazine rings is 1. The maximum absolute atomic E-state index is 13.1. The third-order valence-electron chi connectivity index (χ3n) is 3.46. The Hall–Kier alpha value is -0.930. The average Bonchev–Trinajstić information content (AvgIpc) is 2.31. The predicted molar refractivity (Wildman–Crippen MR) is 68.7 cm³/mol. The monoisotopic (exact) mass is 236 g/mol. The van der Waals surface area contributed by atoms with Crippen LogP contribution < -0.4 is 5.32 Å². The van der Waals surface area contributed by atoms with E-state index in [-0.39, 0.29) is 5.82 Å². The summed E-state index contributed by atoms with van der Waals surface area (Å²) in [5.41, 5.74) is 1.98. The van der Waals surface area contributed by atoms with Crippen molar-refractivity contribution in [2.24, 2.45) is 0 Å². The molecule has 0 amide bonds. The summed E-state index contributed by atoms with van der Waals surface area (Å²) in [6, 6.07) is 6.00. The van der Waals surface area contributed by atoms with E-state index in [4.69, 9.17) is 0 Å². The van der Waals surface area contributed by atoms with E-state index in [1.807, 2.05) is 19.1 Å². The van der Waals surface area contributed by atoms with Gasteiger partial charge in [0, 0.05) is 25.7 Å². The Kier molecular flexibility index (Phi) is 4.13. The molecule has 3 heteroatoms. The molecule has 0 spiro atoms. The molecule has 1 aliphatic rings. The lowest BCUT2D eigenvalue weighted by Crippen LogP contribution is -2.49. The lowest BCUT2D eigenvalue weighted by atomic mass is 10.0. The molecule has 1 fully saturated rings. The van der Waals surface area contributed by atoms with Gasteiger partial charge in [-0.3, -0.25) is 0 Å². The number of hydrogen-bond donors (Lipinski definition) is 1. The van der Waals surface area contributed by atoms with Crippen molar-refractivity contribution >= 4 is 0 Å². The smallest absolute Gasteiger partial charge is 0.126 e. The topological polar surface area (TPSA) is 15.3 Å². The van der Waals surface area contributed by atoms with Gasteiger partial charge < -0.3 is 10.2 Å². The largest absolute Gasteiger partial charge is 0.311 e. The Balaban J connectivity index is 1.86. The normalized spacial score (nSPS) is 21.7. The maximum atomic E-state index is 13.1. The molecular formula is C14H21FN2. The number of rotatable bonds is 3. The van der Waals surface area contributed by atoms with Gasteiger partial charge in [0.15, 0.2) is 0 Å². The van der Waals surface area contributed by atoms with Crippen molar-refractivity contribution in [3.05, 3.63) is 35.1 Å². The fraction of sp³-hybridized carbons (Fsp3) is 0.571. The van der Waals surface area contributed by atoms with Crippen LogP contribution in [0.5, 0.6) is 0 Å². The number of hydrogen-bond acceptors (Lipinski definition) is 2. The first kappa shape index (κ1) is 12.5. The first-order valence-corrected chi connectivity index (χ1v) is 6.32.